The van der Waals surface area contributed by atoms with Gasteiger partial charge in [-0.05, 0) is 19.8 Å². The van der Waals surface area contributed by atoms with Crippen LogP contribution in [0.2, 0.25) is 0 Å². The van der Waals surface area contributed by atoms with E-state index in [-0.39, 0.29) is 36.3 Å². The molecule has 31 heavy (non-hydrogen) atoms. The van der Waals surface area contributed by atoms with Crippen molar-refractivity contribution >= 4 is 0 Å². The summed E-state index contributed by atoms with van der Waals surface area (Å²) < 4.78 is 27.1. The van der Waals surface area contributed by atoms with Crippen LogP contribution >= 0.6 is 0 Å². The molecule has 0 radical (unpaired) electrons. The van der Waals surface area contributed by atoms with Gasteiger partial charge in [0.2, 0.25) is 0 Å². The van der Waals surface area contributed by atoms with Crippen molar-refractivity contribution in [2.45, 2.75) is 89.9 Å². The molecular weight excluding hydrogens is 400 g/mol. The van der Waals surface area contributed by atoms with Crippen LogP contribution in [0.1, 0.15) is 47.0 Å². The quantitative estimate of drug-likeness (QED) is 0.215. The Morgan fingerprint density at radius 2 is 1.61 bits per heavy atom. The van der Waals surface area contributed by atoms with Gasteiger partial charge in [-0.1, -0.05) is 44.6 Å². The molecule has 0 aromatic heterocycles. The minimum absolute atomic E-state index is 0.0261. The first kappa shape index (κ1) is 28.2. The molecule has 7 nitrogen and oxygen atoms in total. The number of aliphatic hydroxyl groups is 2. The number of rotatable bonds is 16. The molecule has 1 aliphatic heterocycles. The maximum absolute atomic E-state index is 10.6. The van der Waals surface area contributed by atoms with Gasteiger partial charge in [0.25, 0.3) is 0 Å². The van der Waals surface area contributed by atoms with Gasteiger partial charge in [-0.25, -0.2) is 0 Å². The third kappa shape index (κ3) is 8.92. The number of aliphatic hydroxyl groups excluding tert-OH is 2. The zero-order valence-electron chi connectivity index (χ0n) is 20.5. The lowest BCUT2D eigenvalue weighted by Gasteiger charge is -2.25. The molecule has 0 amide bonds. The molecule has 0 aromatic carbocycles. The Hall–Kier alpha value is -0.800. The van der Waals surface area contributed by atoms with Crippen LogP contribution in [0, 0.1) is 11.8 Å². The molecule has 9 atom stereocenters. The summed E-state index contributed by atoms with van der Waals surface area (Å²) in [4.78, 5) is 0. The van der Waals surface area contributed by atoms with Crippen LogP contribution in [0.15, 0.2) is 23.8 Å². The fraction of sp³-hybridized carbons (Fsp3) is 0.833. The van der Waals surface area contributed by atoms with Gasteiger partial charge in [-0.3, -0.25) is 0 Å². The topological polar surface area (TPSA) is 89.9 Å². The van der Waals surface area contributed by atoms with Crippen molar-refractivity contribution in [1.82, 2.24) is 0 Å². The second-order valence-electron chi connectivity index (χ2n) is 8.55. The van der Waals surface area contributed by atoms with Gasteiger partial charge in [-0.2, -0.15) is 0 Å². The fourth-order valence-electron chi connectivity index (χ4n) is 4.04. The number of methoxy groups -OCH3 is 4. The van der Waals surface area contributed by atoms with Gasteiger partial charge in [0.1, 0.15) is 12.2 Å². The van der Waals surface area contributed by atoms with E-state index in [1.807, 2.05) is 32.1 Å². The first-order chi connectivity index (χ1) is 14.7. The van der Waals surface area contributed by atoms with Crippen molar-refractivity contribution in [2.75, 3.05) is 28.4 Å². The number of allylic oxidation sites excluding steroid dienone is 2. The lowest BCUT2D eigenvalue weighted by molar-refractivity contribution is -0.164. The zero-order valence-corrected chi connectivity index (χ0v) is 20.5. The highest BCUT2D eigenvalue weighted by molar-refractivity contribution is 5.13. The smallest absolute Gasteiger partial charge is 0.180 e. The molecule has 0 aromatic rings. The van der Waals surface area contributed by atoms with E-state index in [0.29, 0.717) is 12.8 Å². The molecule has 0 aliphatic carbocycles. The lowest BCUT2D eigenvalue weighted by Crippen LogP contribution is -2.33. The van der Waals surface area contributed by atoms with Crippen LogP contribution in [0.25, 0.3) is 0 Å². The number of ether oxygens (including phenoxy) is 5. The molecule has 1 rings (SSSR count). The molecule has 0 saturated carbocycles. The van der Waals surface area contributed by atoms with E-state index in [1.165, 1.54) is 7.11 Å². The molecule has 1 heterocycles. The van der Waals surface area contributed by atoms with E-state index < -0.39 is 18.5 Å². The summed E-state index contributed by atoms with van der Waals surface area (Å²) in [6, 6.07) is 0. The third-order valence-electron chi connectivity index (χ3n) is 6.28. The summed E-state index contributed by atoms with van der Waals surface area (Å²) in [6.07, 6.45) is 6.12. The van der Waals surface area contributed by atoms with E-state index in [9.17, 15) is 10.2 Å². The molecular formula is C24H44O7. The van der Waals surface area contributed by atoms with Crippen LogP contribution in [0.5, 0.6) is 0 Å². The maximum Gasteiger partial charge on any atom is 0.180 e. The largest absolute Gasteiger partial charge is 0.390 e. The Labute approximate surface area is 188 Å². The molecule has 0 spiro atoms. The first-order valence-corrected chi connectivity index (χ1v) is 11.2. The van der Waals surface area contributed by atoms with Crippen LogP contribution in [0.4, 0.5) is 0 Å². The number of epoxide rings is 1. The van der Waals surface area contributed by atoms with Crippen molar-refractivity contribution in [3.8, 4) is 0 Å². The van der Waals surface area contributed by atoms with E-state index in [2.05, 4.69) is 13.8 Å². The van der Waals surface area contributed by atoms with Crippen LogP contribution in [0.3, 0.4) is 0 Å². The monoisotopic (exact) mass is 444 g/mol. The van der Waals surface area contributed by atoms with Crippen LogP contribution in [-0.4, -0.2) is 81.6 Å². The van der Waals surface area contributed by atoms with Crippen molar-refractivity contribution in [3.05, 3.63) is 23.8 Å². The fourth-order valence-corrected chi connectivity index (χ4v) is 4.04. The molecule has 7 unspecified atom stereocenters. The van der Waals surface area contributed by atoms with E-state index in [0.717, 1.165) is 12.0 Å². The predicted octanol–water partition coefficient (Wildman–Crippen LogP) is 3.09. The average molecular weight is 445 g/mol. The Bertz CT molecular complexity index is 546. The van der Waals surface area contributed by atoms with Gasteiger partial charge in [0.05, 0.1) is 24.4 Å². The van der Waals surface area contributed by atoms with Gasteiger partial charge in [0, 0.05) is 46.7 Å². The summed E-state index contributed by atoms with van der Waals surface area (Å²) in [5.41, 5.74) is 1.13. The first-order valence-electron chi connectivity index (χ1n) is 11.2. The summed E-state index contributed by atoms with van der Waals surface area (Å²) in [7, 11) is 6.36. The predicted molar refractivity (Wildman–Crippen MR) is 121 cm³/mol. The standard InChI is InChI=1S/C24H44O7/c1-9-19(28-6)17(4)22-23(31-22)21(25)16(3)12-10-11-15(2)13-18(27-5)14-20(29-7)24(26)30-8/h10-12,16-26H,9,13-14H2,1-8H3/b12-10+,15-11+/t16?,17?,18-,19?,20?,21?,22?,23?,24-/m0/s1. The van der Waals surface area contributed by atoms with Gasteiger partial charge in [0.15, 0.2) is 6.29 Å². The van der Waals surface area contributed by atoms with Crippen molar-refractivity contribution in [3.63, 3.8) is 0 Å². The molecule has 1 saturated heterocycles. The van der Waals surface area contributed by atoms with E-state index in [1.54, 1.807) is 21.3 Å². The molecule has 182 valence electrons. The van der Waals surface area contributed by atoms with Crippen LogP contribution < -0.4 is 0 Å². The maximum atomic E-state index is 10.6. The van der Waals surface area contributed by atoms with E-state index in [4.69, 9.17) is 23.7 Å². The van der Waals surface area contributed by atoms with Crippen molar-refractivity contribution in [1.29, 1.82) is 0 Å². The second kappa shape index (κ2) is 14.4. The Kier molecular flexibility index (Phi) is 13.1. The van der Waals surface area contributed by atoms with Crippen LogP contribution in [-0.2, 0) is 23.7 Å². The minimum atomic E-state index is -0.984. The van der Waals surface area contributed by atoms with Gasteiger partial charge < -0.3 is 33.9 Å². The SMILES string of the molecule is CCC(OC)C(C)C1OC1C(O)C(C)/C=C/C=C(\C)C[C@@H](CC(OC)[C@@H](O)OC)OC. The van der Waals surface area contributed by atoms with Crippen molar-refractivity contribution < 1.29 is 33.9 Å². The van der Waals surface area contributed by atoms with Gasteiger partial charge >= 0.3 is 0 Å². The number of hydrogen-bond acceptors (Lipinski definition) is 7. The third-order valence-corrected chi connectivity index (χ3v) is 6.28. The normalized spacial score (nSPS) is 26.3. The highest BCUT2D eigenvalue weighted by Crippen LogP contribution is 2.37. The Balaban J connectivity index is 2.55. The van der Waals surface area contributed by atoms with E-state index >= 15 is 0 Å². The van der Waals surface area contributed by atoms with Gasteiger partial charge in [-0.15, -0.1) is 0 Å². The molecule has 7 heteroatoms. The van der Waals surface area contributed by atoms with Crippen molar-refractivity contribution in [2.24, 2.45) is 11.8 Å². The molecule has 2 N–H and O–H groups in total. The molecule has 1 aliphatic rings. The Morgan fingerprint density at radius 3 is 2.13 bits per heavy atom. The zero-order chi connectivity index (χ0) is 23.6. The average Bonchev–Trinajstić information content (AvgIpc) is 3.56. The summed E-state index contributed by atoms with van der Waals surface area (Å²) in [6.45, 7) is 8.24. The highest BCUT2D eigenvalue weighted by atomic mass is 16.6. The number of hydrogen-bond donors (Lipinski definition) is 2. The molecule has 1 fully saturated rings. The summed E-state index contributed by atoms with van der Waals surface area (Å²) in [5.74, 6) is 0.230. The summed E-state index contributed by atoms with van der Waals surface area (Å²) in [5, 5.41) is 20.5. The highest BCUT2D eigenvalue weighted by Gasteiger charge is 2.50. The minimum Gasteiger partial charge on any atom is -0.390 e. The second-order valence-corrected chi connectivity index (χ2v) is 8.55. The molecule has 0 bridgehead atoms. The lowest BCUT2D eigenvalue weighted by atomic mass is 9.91. The Morgan fingerprint density at radius 1 is 0.968 bits per heavy atom. The summed E-state index contributed by atoms with van der Waals surface area (Å²) >= 11 is 0.